The van der Waals surface area contributed by atoms with Crippen molar-refractivity contribution in [1.82, 2.24) is 0 Å². The molecule has 0 bridgehead atoms. The molecular weight excluding hydrogens is 608 g/mol. The lowest BCUT2D eigenvalue weighted by molar-refractivity contribution is -0.260. The first kappa shape index (κ1) is 34.9. The van der Waals surface area contributed by atoms with Crippen LogP contribution in [0.15, 0.2) is 45.8 Å². The van der Waals surface area contributed by atoms with Crippen molar-refractivity contribution < 1.29 is 52.4 Å². The quantitative estimate of drug-likeness (QED) is 0.178. The maximum Gasteiger partial charge on any atom is 0.333 e. The summed E-state index contributed by atoms with van der Waals surface area (Å²) in [5, 5.41) is 12.0. The van der Waals surface area contributed by atoms with Gasteiger partial charge < -0.3 is 33.2 Å². The zero-order valence-electron chi connectivity index (χ0n) is 28.8. The fourth-order valence-corrected chi connectivity index (χ4v) is 9.91. The van der Waals surface area contributed by atoms with E-state index in [9.17, 15) is 24.3 Å². The van der Waals surface area contributed by atoms with E-state index < -0.39 is 82.5 Å². The highest BCUT2D eigenvalue weighted by Gasteiger charge is 2.77. The lowest BCUT2D eigenvalue weighted by Gasteiger charge is -2.66. The van der Waals surface area contributed by atoms with Crippen LogP contribution in [0, 0.1) is 28.1 Å². The van der Waals surface area contributed by atoms with Crippen molar-refractivity contribution in [3.63, 3.8) is 0 Å². The number of rotatable bonds is 8. The Morgan fingerprint density at radius 3 is 2.26 bits per heavy atom. The first-order valence-corrected chi connectivity index (χ1v) is 16.3. The van der Waals surface area contributed by atoms with Crippen molar-refractivity contribution in [2.75, 3.05) is 13.7 Å². The van der Waals surface area contributed by atoms with Gasteiger partial charge in [0.15, 0.2) is 0 Å². The molecule has 1 saturated heterocycles. The molecule has 47 heavy (non-hydrogen) atoms. The van der Waals surface area contributed by atoms with Gasteiger partial charge in [-0.3, -0.25) is 14.4 Å². The third kappa shape index (κ3) is 5.43. The van der Waals surface area contributed by atoms with Crippen LogP contribution in [0.1, 0.15) is 86.1 Å². The Hall–Kier alpha value is -3.44. The summed E-state index contributed by atoms with van der Waals surface area (Å²) in [6.45, 7) is 14.1. The van der Waals surface area contributed by atoms with Gasteiger partial charge in [-0.25, -0.2) is 4.79 Å². The number of hydrogen-bond acceptors (Lipinski definition) is 11. The molecule has 0 amide bonds. The molecule has 0 spiro atoms. The molecule has 258 valence electrons. The van der Waals surface area contributed by atoms with E-state index in [1.165, 1.54) is 21.0 Å². The van der Waals surface area contributed by atoms with E-state index >= 15 is 0 Å². The normalized spacial score (nSPS) is 39.7. The SMILES string of the molecule is CC=C(C)C(=O)O[C@@H]1[C@@H]2OC[C@]3(C)[C@H](OC(C)=O)C[C@H](OC(C)=O)[C@@](C)([C@@H]23)[C@@H](CC(=O)OC)[C@]1(C)C1=C(C)[C@H](c2ccoc2)C[C@@H]1O. The summed E-state index contributed by atoms with van der Waals surface area (Å²) in [6, 6.07) is 1.86. The smallest absolute Gasteiger partial charge is 0.333 e. The molecule has 1 aliphatic heterocycles. The number of aliphatic hydroxyl groups excluding tert-OH is 1. The fraction of sp³-hybridized carbons (Fsp3) is 0.667. The molecular formula is C36H48O11. The predicted octanol–water partition coefficient (Wildman–Crippen LogP) is 4.82. The first-order chi connectivity index (χ1) is 22.0. The van der Waals surface area contributed by atoms with Gasteiger partial charge in [-0.05, 0) is 50.3 Å². The number of furan rings is 1. The molecule has 5 rings (SSSR count). The number of ether oxygens (including phenoxy) is 5. The van der Waals surface area contributed by atoms with Crippen molar-refractivity contribution >= 4 is 23.9 Å². The highest BCUT2D eigenvalue weighted by Crippen LogP contribution is 2.72. The van der Waals surface area contributed by atoms with Crippen LogP contribution in [0.5, 0.6) is 0 Å². The maximum atomic E-state index is 13.7. The molecule has 4 aliphatic rings. The Morgan fingerprint density at radius 2 is 1.68 bits per heavy atom. The minimum Gasteiger partial charge on any atom is -0.472 e. The molecule has 1 aromatic rings. The molecule has 11 nitrogen and oxygen atoms in total. The molecule has 3 aliphatic carbocycles. The summed E-state index contributed by atoms with van der Waals surface area (Å²) in [5.74, 6) is -3.45. The number of esters is 4. The number of carbonyl (C=O) groups excluding carboxylic acids is 4. The second kappa shape index (κ2) is 12.5. The van der Waals surface area contributed by atoms with Crippen LogP contribution in [-0.2, 0) is 42.9 Å². The van der Waals surface area contributed by atoms with Crippen LogP contribution in [0.4, 0.5) is 0 Å². The third-order valence-corrected chi connectivity index (χ3v) is 12.0. The van der Waals surface area contributed by atoms with Gasteiger partial charge in [0.25, 0.3) is 0 Å². The number of carbonyl (C=O) groups is 4. The van der Waals surface area contributed by atoms with Gasteiger partial charge in [-0.15, -0.1) is 0 Å². The van der Waals surface area contributed by atoms with E-state index in [0.717, 1.165) is 11.1 Å². The topological polar surface area (TPSA) is 148 Å². The van der Waals surface area contributed by atoms with Gasteiger partial charge in [0.2, 0.25) is 0 Å². The fourth-order valence-electron chi connectivity index (χ4n) is 9.91. The second-order valence-corrected chi connectivity index (χ2v) is 14.4. The Morgan fingerprint density at radius 1 is 1.02 bits per heavy atom. The summed E-state index contributed by atoms with van der Waals surface area (Å²) in [4.78, 5) is 52.3. The largest absolute Gasteiger partial charge is 0.472 e. The van der Waals surface area contributed by atoms with Crippen LogP contribution >= 0.6 is 0 Å². The molecule has 0 radical (unpaired) electrons. The van der Waals surface area contributed by atoms with E-state index in [-0.39, 0.29) is 25.4 Å². The number of allylic oxidation sites excluding steroid dienone is 2. The van der Waals surface area contributed by atoms with Gasteiger partial charge in [0.1, 0.15) is 18.3 Å². The highest BCUT2D eigenvalue weighted by atomic mass is 16.6. The van der Waals surface area contributed by atoms with Crippen LogP contribution in [0.25, 0.3) is 0 Å². The Balaban J connectivity index is 1.82. The summed E-state index contributed by atoms with van der Waals surface area (Å²) >= 11 is 0. The Labute approximate surface area is 276 Å². The van der Waals surface area contributed by atoms with E-state index in [4.69, 9.17) is 28.1 Å². The van der Waals surface area contributed by atoms with Gasteiger partial charge >= 0.3 is 23.9 Å². The van der Waals surface area contributed by atoms with Gasteiger partial charge in [-0.1, -0.05) is 32.4 Å². The van der Waals surface area contributed by atoms with Crippen LogP contribution in [0.2, 0.25) is 0 Å². The summed E-state index contributed by atoms with van der Waals surface area (Å²) in [5.41, 5.74) is -0.205. The average Bonchev–Trinajstić information content (AvgIpc) is 3.73. The second-order valence-electron chi connectivity index (χ2n) is 14.4. The summed E-state index contributed by atoms with van der Waals surface area (Å²) in [6.07, 6.45) is 1.09. The monoisotopic (exact) mass is 656 g/mol. The van der Waals surface area contributed by atoms with Gasteiger partial charge in [0, 0.05) is 60.3 Å². The Kier molecular flexibility index (Phi) is 9.31. The molecule has 3 fully saturated rings. The van der Waals surface area contributed by atoms with E-state index in [2.05, 4.69) is 0 Å². The van der Waals surface area contributed by atoms with Crippen molar-refractivity contribution in [3.05, 3.63) is 47.0 Å². The third-order valence-electron chi connectivity index (χ3n) is 12.0. The van der Waals surface area contributed by atoms with Crippen molar-refractivity contribution in [3.8, 4) is 0 Å². The van der Waals surface area contributed by atoms with Gasteiger partial charge in [-0.2, -0.15) is 0 Å². The zero-order chi connectivity index (χ0) is 34.6. The summed E-state index contributed by atoms with van der Waals surface area (Å²) in [7, 11) is 1.31. The molecule has 2 saturated carbocycles. The molecule has 1 aromatic heterocycles. The van der Waals surface area contributed by atoms with Crippen molar-refractivity contribution in [2.24, 2.45) is 28.1 Å². The van der Waals surface area contributed by atoms with E-state index in [1.54, 1.807) is 32.4 Å². The number of methoxy groups -OCH3 is 1. The highest BCUT2D eigenvalue weighted by molar-refractivity contribution is 5.88. The molecule has 11 heteroatoms. The maximum absolute atomic E-state index is 13.7. The van der Waals surface area contributed by atoms with Gasteiger partial charge in [0.05, 0.1) is 38.5 Å². The minimum absolute atomic E-state index is 0.130. The summed E-state index contributed by atoms with van der Waals surface area (Å²) < 4.78 is 35.8. The average molecular weight is 657 g/mol. The number of hydrogen-bond donors (Lipinski definition) is 1. The van der Waals surface area contributed by atoms with E-state index in [0.29, 0.717) is 17.6 Å². The van der Waals surface area contributed by atoms with Crippen LogP contribution in [-0.4, -0.2) is 73.2 Å². The number of aliphatic hydroxyl groups is 1. The molecule has 1 N–H and O–H groups in total. The van der Waals surface area contributed by atoms with E-state index in [1.807, 2.05) is 33.8 Å². The minimum atomic E-state index is -1.21. The van der Waals surface area contributed by atoms with Crippen LogP contribution < -0.4 is 0 Å². The molecule has 11 atom stereocenters. The molecule has 0 unspecified atom stereocenters. The standard InChI is InChI=1S/C36H48O11/c1-10-18(2)33(41)47-32-30-31-34(6,17-44-30)26(45-20(4)37)15-27(46-21(5)38)35(31,7)25(14-28(40)42-9)36(32,8)29-19(3)23(13-24(29)39)22-11-12-43-16-22/h10-12,16,23-27,30-32,39H,13-15,17H2,1-9H3/t23-,24+,25-,26-,27+,30-,31+,32-,34-,35+,36-/m1/s1. The van der Waals surface area contributed by atoms with Crippen molar-refractivity contribution in [1.29, 1.82) is 0 Å². The van der Waals surface area contributed by atoms with Crippen molar-refractivity contribution in [2.45, 2.75) is 111 Å². The molecule has 2 heterocycles. The molecule has 0 aromatic carbocycles. The van der Waals surface area contributed by atoms with Crippen LogP contribution in [0.3, 0.4) is 0 Å². The lowest BCUT2D eigenvalue weighted by Crippen LogP contribution is -2.72. The predicted molar refractivity (Wildman–Crippen MR) is 167 cm³/mol. The lowest BCUT2D eigenvalue weighted by atomic mass is 9.39. The first-order valence-electron chi connectivity index (χ1n) is 16.3. The Bertz CT molecular complexity index is 1480. The zero-order valence-corrected chi connectivity index (χ0v) is 28.8.